The van der Waals surface area contributed by atoms with Gasteiger partial charge < -0.3 is 10.1 Å². The normalized spacial score (nSPS) is 10.0. The van der Waals surface area contributed by atoms with E-state index in [4.69, 9.17) is 4.74 Å². The van der Waals surface area contributed by atoms with E-state index in [9.17, 15) is 14.9 Å². The molecule has 1 amide bonds. The van der Waals surface area contributed by atoms with Crippen molar-refractivity contribution in [3.05, 3.63) is 56.8 Å². The minimum atomic E-state index is -0.578. The summed E-state index contributed by atoms with van der Waals surface area (Å²) in [5.41, 5.74) is 0.247. The zero-order valence-electron chi connectivity index (χ0n) is 10.9. The molecule has 0 unspecified atom stereocenters. The second kappa shape index (κ2) is 6.31. The summed E-state index contributed by atoms with van der Waals surface area (Å²) in [5, 5.41) is 13.5. The highest BCUT2D eigenvalue weighted by Crippen LogP contribution is 2.30. The van der Waals surface area contributed by atoms with Crippen molar-refractivity contribution in [1.82, 2.24) is 4.98 Å². The average molecular weight is 352 g/mol. The van der Waals surface area contributed by atoms with Crippen molar-refractivity contribution >= 4 is 33.2 Å². The number of amides is 1. The van der Waals surface area contributed by atoms with Crippen LogP contribution in [0.15, 0.2) is 41.0 Å². The lowest BCUT2D eigenvalue weighted by Gasteiger charge is -2.07. The number of aromatic nitrogens is 1. The van der Waals surface area contributed by atoms with Crippen LogP contribution in [0.2, 0.25) is 0 Å². The first-order chi connectivity index (χ1) is 10.0. The first-order valence-corrected chi connectivity index (χ1v) is 6.56. The largest absolute Gasteiger partial charge is 0.490 e. The number of nitro benzene ring substituents is 1. The number of pyridine rings is 1. The van der Waals surface area contributed by atoms with Crippen LogP contribution in [0.25, 0.3) is 0 Å². The van der Waals surface area contributed by atoms with Gasteiger partial charge in [0.25, 0.3) is 5.91 Å². The summed E-state index contributed by atoms with van der Waals surface area (Å²) >= 11 is 3.22. The van der Waals surface area contributed by atoms with E-state index in [2.05, 4.69) is 26.2 Å². The molecule has 1 heterocycles. The number of methoxy groups -OCH3 is 1. The number of carbonyl (C=O) groups excluding carboxylic acids is 1. The third-order valence-electron chi connectivity index (χ3n) is 2.61. The first kappa shape index (κ1) is 14.9. The Morgan fingerprint density at radius 1 is 1.43 bits per heavy atom. The summed E-state index contributed by atoms with van der Waals surface area (Å²) in [4.78, 5) is 26.4. The fraction of sp³-hybridized carbons (Fsp3) is 0.0769. The van der Waals surface area contributed by atoms with Crippen LogP contribution in [-0.2, 0) is 0 Å². The van der Waals surface area contributed by atoms with Gasteiger partial charge >= 0.3 is 5.69 Å². The fourth-order valence-corrected chi connectivity index (χ4v) is 2.09. The molecule has 0 radical (unpaired) electrons. The molecule has 8 heteroatoms. The van der Waals surface area contributed by atoms with Crippen LogP contribution in [-0.4, -0.2) is 22.9 Å². The molecule has 0 atom stereocenters. The molecule has 0 fully saturated rings. The fourth-order valence-electron chi connectivity index (χ4n) is 1.65. The van der Waals surface area contributed by atoms with Gasteiger partial charge in [-0.05, 0) is 40.2 Å². The van der Waals surface area contributed by atoms with E-state index in [0.717, 1.165) is 0 Å². The first-order valence-electron chi connectivity index (χ1n) is 5.77. The second-order valence-electron chi connectivity index (χ2n) is 3.93. The van der Waals surface area contributed by atoms with Crippen LogP contribution in [0.1, 0.15) is 10.5 Å². The van der Waals surface area contributed by atoms with Crippen LogP contribution in [0, 0.1) is 10.1 Å². The van der Waals surface area contributed by atoms with Gasteiger partial charge in [0.1, 0.15) is 5.69 Å². The van der Waals surface area contributed by atoms with Gasteiger partial charge in [-0.25, -0.2) is 4.98 Å². The van der Waals surface area contributed by atoms with E-state index in [-0.39, 0.29) is 22.8 Å². The molecule has 7 nitrogen and oxygen atoms in total. The van der Waals surface area contributed by atoms with Crippen LogP contribution >= 0.6 is 15.9 Å². The van der Waals surface area contributed by atoms with E-state index in [1.807, 2.05) is 0 Å². The summed E-state index contributed by atoms with van der Waals surface area (Å²) in [6, 6.07) is 7.52. The number of rotatable bonds is 4. The molecule has 0 aliphatic carbocycles. The number of hydrogen-bond acceptors (Lipinski definition) is 5. The van der Waals surface area contributed by atoms with Crippen molar-refractivity contribution in [3.8, 4) is 5.75 Å². The number of nitrogens with one attached hydrogen (secondary N) is 1. The lowest BCUT2D eigenvalue weighted by molar-refractivity contribution is -0.385. The molecule has 1 N–H and O–H groups in total. The molecule has 21 heavy (non-hydrogen) atoms. The standard InChI is InChI=1S/C13H10BrN3O4/c1-21-11-5-4-8(7-10(11)17(19)20)16-13(18)12-9(14)3-2-6-15-12/h2-7H,1H3,(H,16,18). The average Bonchev–Trinajstić information content (AvgIpc) is 2.47. The summed E-state index contributed by atoms with van der Waals surface area (Å²) < 4.78 is 5.43. The number of ether oxygens (including phenoxy) is 1. The molecule has 2 rings (SSSR count). The summed E-state index contributed by atoms with van der Waals surface area (Å²) in [6.07, 6.45) is 1.48. The van der Waals surface area contributed by atoms with Gasteiger partial charge in [-0.1, -0.05) is 0 Å². The van der Waals surface area contributed by atoms with E-state index >= 15 is 0 Å². The van der Waals surface area contributed by atoms with E-state index in [1.165, 1.54) is 31.5 Å². The van der Waals surface area contributed by atoms with Crippen molar-refractivity contribution < 1.29 is 14.5 Å². The molecule has 0 spiro atoms. The van der Waals surface area contributed by atoms with Gasteiger partial charge in [0, 0.05) is 22.4 Å². The van der Waals surface area contributed by atoms with E-state index in [0.29, 0.717) is 4.47 Å². The predicted octanol–water partition coefficient (Wildman–Crippen LogP) is 3.01. The number of carbonyl (C=O) groups is 1. The highest BCUT2D eigenvalue weighted by molar-refractivity contribution is 9.10. The minimum Gasteiger partial charge on any atom is -0.490 e. The lowest BCUT2D eigenvalue weighted by atomic mass is 10.2. The Labute approximate surface area is 128 Å². The van der Waals surface area contributed by atoms with Crippen molar-refractivity contribution in [1.29, 1.82) is 0 Å². The van der Waals surface area contributed by atoms with Gasteiger partial charge in [-0.3, -0.25) is 14.9 Å². The second-order valence-corrected chi connectivity index (χ2v) is 4.79. The molecule has 0 aliphatic heterocycles. The van der Waals surface area contributed by atoms with Crippen molar-refractivity contribution in [3.63, 3.8) is 0 Å². The highest BCUT2D eigenvalue weighted by Gasteiger charge is 2.17. The molecule has 2 aromatic rings. The Morgan fingerprint density at radius 2 is 2.19 bits per heavy atom. The number of nitrogens with zero attached hydrogens (tertiary/aromatic N) is 2. The third-order valence-corrected chi connectivity index (χ3v) is 3.25. The number of nitro groups is 1. The topological polar surface area (TPSA) is 94.4 Å². The molecular weight excluding hydrogens is 342 g/mol. The molecular formula is C13H10BrN3O4. The maximum absolute atomic E-state index is 12.1. The highest BCUT2D eigenvalue weighted by atomic mass is 79.9. The zero-order chi connectivity index (χ0) is 15.4. The molecule has 0 saturated carbocycles. The third kappa shape index (κ3) is 3.34. The number of halogens is 1. The van der Waals surface area contributed by atoms with Crippen LogP contribution in [0.4, 0.5) is 11.4 Å². The monoisotopic (exact) mass is 351 g/mol. The number of benzene rings is 1. The molecule has 1 aromatic heterocycles. The van der Waals surface area contributed by atoms with Gasteiger partial charge in [0.15, 0.2) is 5.75 Å². The summed E-state index contributed by atoms with van der Waals surface area (Å²) in [5.74, 6) is -0.348. The van der Waals surface area contributed by atoms with Crippen LogP contribution in [0.5, 0.6) is 5.75 Å². The molecule has 1 aromatic carbocycles. The maximum Gasteiger partial charge on any atom is 0.312 e. The minimum absolute atomic E-state index is 0.122. The van der Waals surface area contributed by atoms with Crippen LogP contribution in [0.3, 0.4) is 0 Å². The maximum atomic E-state index is 12.1. The smallest absolute Gasteiger partial charge is 0.312 e. The molecule has 0 bridgehead atoms. The zero-order valence-corrected chi connectivity index (χ0v) is 12.5. The van der Waals surface area contributed by atoms with E-state index < -0.39 is 10.8 Å². The van der Waals surface area contributed by atoms with Crippen molar-refractivity contribution in [2.24, 2.45) is 0 Å². The molecule has 108 valence electrons. The lowest BCUT2D eigenvalue weighted by Crippen LogP contribution is -2.14. The van der Waals surface area contributed by atoms with Gasteiger partial charge in [0.2, 0.25) is 0 Å². The summed E-state index contributed by atoms with van der Waals surface area (Å²) in [6.45, 7) is 0. The molecule has 0 aliphatic rings. The number of anilines is 1. The van der Waals surface area contributed by atoms with E-state index in [1.54, 1.807) is 12.1 Å². The summed E-state index contributed by atoms with van der Waals surface area (Å²) in [7, 11) is 1.34. The SMILES string of the molecule is COc1ccc(NC(=O)c2ncccc2Br)cc1[N+](=O)[O-]. The Hall–Kier alpha value is -2.48. The van der Waals surface area contributed by atoms with Gasteiger partial charge in [-0.2, -0.15) is 0 Å². The Morgan fingerprint density at radius 3 is 2.81 bits per heavy atom. The van der Waals surface area contributed by atoms with Gasteiger partial charge in [0.05, 0.1) is 12.0 Å². The molecule has 0 saturated heterocycles. The Bertz CT molecular complexity index is 706. The number of hydrogen-bond donors (Lipinski definition) is 1. The predicted molar refractivity (Wildman–Crippen MR) is 79.5 cm³/mol. The quantitative estimate of drug-likeness (QED) is 0.674. The van der Waals surface area contributed by atoms with Crippen molar-refractivity contribution in [2.75, 3.05) is 12.4 Å². The van der Waals surface area contributed by atoms with Gasteiger partial charge in [-0.15, -0.1) is 0 Å². The van der Waals surface area contributed by atoms with Crippen LogP contribution < -0.4 is 10.1 Å². The van der Waals surface area contributed by atoms with Crippen molar-refractivity contribution in [2.45, 2.75) is 0 Å². The Kier molecular flexibility index (Phi) is 4.49. The Balaban J connectivity index is 2.28.